The molecule has 0 heterocycles. The molecule has 0 saturated heterocycles. The number of aromatic hydroxyl groups is 1. The molecule has 4 heteroatoms. The van der Waals surface area contributed by atoms with E-state index in [4.69, 9.17) is 4.74 Å². The van der Waals surface area contributed by atoms with Crippen molar-refractivity contribution in [2.75, 3.05) is 12.4 Å². The van der Waals surface area contributed by atoms with Gasteiger partial charge in [0.15, 0.2) is 0 Å². The smallest absolute Gasteiger partial charge is 0.133 e. The number of phenolic OH excluding ortho intramolecular Hbond substituents is 1. The third kappa shape index (κ3) is 3.20. The molecule has 0 aliphatic rings. The first-order chi connectivity index (χ1) is 9.11. The molecule has 2 rings (SSSR count). The summed E-state index contributed by atoms with van der Waals surface area (Å²) in [6, 6.07) is 13.1. The van der Waals surface area contributed by atoms with E-state index in [9.17, 15) is 5.11 Å². The highest BCUT2D eigenvalue weighted by atomic mass is 79.9. The Labute approximate surface area is 121 Å². The molecule has 100 valence electrons. The van der Waals surface area contributed by atoms with Gasteiger partial charge in [0, 0.05) is 11.3 Å². The van der Waals surface area contributed by atoms with Crippen molar-refractivity contribution in [3.05, 3.63) is 52.5 Å². The van der Waals surface area contributed by atoms with Crippen LogP contribution in [0.1, 0.15) is 18.5 Å². The van der Waals surface area contributed by atoms with Crippen molar-refractivity contribution in [3.63, 3.8) is 0 Å². The Kier molecular flexibility index (Phi) is 4.32. The Hall–Kier alpha value is -1.68. The molecule has 0 fully saturated rings. The van der Waals surface area contributed by atoms with Crippen LogP contribution in [0.3, 0.4) is 0 Å². The Morgan fingerprint density at radius 1 is 1.21 bits per heavy atom. The van der Waals surface area contributed by atoms with Gasteiger partial charge in [-0.2, -0.15) is 0 Å². The standard InChI is InChI=1S/C15H16BrNO2/c1-10(12-5-3-4-6-14(12)18)17-11-7-8-15(19-2)13(16)9-11/h3-10,17-18H,1-2H3. The second-order valence-corrected chi connectivity index (χ2v) is 5.13. The monoisotopic (exact) mass is 321 g/mol. The van der Waals surface area contributed by atoms with Crippen LogP contribution in [0, 0.1) is 0 Å². The van der Waals surface area contributed by atoms with Crippen molar-refractivity contribution in [2.45, 2.75) is 13.0 Å². The molecule has 0 aliphatic carbocycles. The van der Waals surface area contributed by atoms with Gasteiger partial charge in [0.05, 0.1) is 17.6 Å². The quantitative estimate of drug-likeness (QED) is 0.880. The average Bonchev–Trinajstić information content (AvgIpc) is 2.39. The molecule has 3 nitrogen and oxygen atoms in total. The number of methoxy groups -OCH3 is 1. The lowest BCUT2D eigenvalue weighted by Gasteiger charge is -2.17. The Morgan fingerprint density at radius 3 is 2.58 bits per heavy atom. The first-order valence-electron chi connectivity index (χ1n) is 6.00. The molecule has 19 heavy (non-hydrogen) atoms. The summed E-state index contributed by atoms with van der Waals surface area (Å²) in [6.07, 6.45) is 0. The van der Waals surface area contributed by atoms with Crippen molar-refractivity contribution in [1.82, 2.24) is 0 Å². The summed E-state index contributed by atoms with van der Waals surface area (Å²) in [7, 11) is 1.64. The third-order valence-electron chi connectivity index (χ3n) is 2.94. The van der Waals surface area contributed by atoms with E-state index in [2.05, 4.69) is 21.2 Å². The van der Waals surface area contributed by atoms with Crippen LogP contribution in [-0.4, -0.2) is 12.2 Å². The number of phenols is 1. The molecular weight excluding hydrogens is 306 g/mol. The summed E-state index contributed by atoms with van der Waals surface area (Å²) in [5, 5.41) is 13.2. The predicted molar refractivity (Wildman–Crippen MR) is 80.8 cm³/mol. The van der Waals surface area contributed by atoms with E-state index in [0.29, 0.717) is 5.75 Å². The highest BCUT2D eigenvalue weighted by Crippen LogP contribution is 2.31. The van der Waals surface area contributed by atoms with Gasteiger partial charge in [-0.3, -0.25) is 0 Å². The highest BCUT2D eigenvalue weighted by molar-refractivity contribution is 9.10. The van der Waals surface area contributed by atoms with Crippen LogP contribution in [0.5, 0.6) is 11.5 Å². The molecule has 0 amide bonds. The van der Waals surface area contributed by atoms with Crippen LogP contribution in [0.25, 0.3) is 0 Å². The van der Waals surface area contributed by atoms with E-state index >= 15 is 0 Å². The molecule has 2 aromatic carbocycles. The zero-order valence-corrected chi connectivity index (χ0v) is 12.4. The zero-order chi connectivity index (χ0) is 13.8. The van der Waals surface area contributed by atoms with Crippen molar-refractivity contribution < 1.29 is 9.84 Å². The number of hydrogen-bond donors (Lipinski definition) is 2. The fourth-order valence-electron chi connectivity index (χ4n) is 1.94. The topological polar surface area (TPSA) is 41.5 Å². The van der Waals surface area contributed by atoms with Gasteiger partial charge in [0.2, 0.25) is 0 Å². The molecule has 0 bridgehead atoms. The molecule has 0 saturated carbocycles. The minimum absolute atomic E-state index is 0.0153. The van der Waals surface area contributed by atoms with E-state index < -0.39 is 0 Å². The molecule has 0 aromatic heterocycles. The van der Waals surface area contributed by atoms with Crippen molar-refractivity contribution >= 4 is 21.6 Å². The first kappa shape index (κ1) is 13.7. The van der Waals surface area contributed by atoms with Crippen LogP contribution < -0.4 is 10.1 Å². The number of hydrogen-bond acceptors (Lipinski definition) is 3. The van der Waals surface area contributed by atoms with Crippen LogP contribution in [0.2, 0.25) is 0 Å². The summed E-state index contributed by atoms with van der Waals surface area (Å²) >= 11 is 3.45. The predicted octanol–water partition coefficient (Wildman–Crippen LogP) is 4.34. The number of benzene rings is 2. The van der Waals surface area contributed by atoms with Gasteiger partial charge < -0.3 is 15.2 Å². The van der Waals surface area contributed by atoms with Gasteiger partial charge in [0.1, 0.15) is 11.5 Å². The van der Waals surface area contributed by atoms with Crippen molar-refractivity contribution in [3.8, 4) is 11.5 Å². The fourth-order valence-corrected chi connectivity index (χ4v) is 2.48. The minimum atomic E-state index is 0.0153. The third-order valence-corrected chi connectivity index (χ3v) is 3.56. The van der Waals surface area contributed by atoms with Gasteiger partial charge in [0.25, 0.3) is 0 Å². The lowest BCUT2D eigenvalue weighted by Crippen LogP contribution is -2.06. The van der Waals surface area contributed by atoms with E-state index in [0.717, 1.165) is 21.5 Å². The lowest BCUT2D eigenvalue weighted by atomic mass is 10.1. The Balaban J connectivity index is 2.17. The number of para-hydroxylation sites is 1. The summed E-state index contributed by atoms with van der Waals surface area (Å²) in [5.41, 5.74) is 1.83. The second-order valence-electron chi connectivity index (χ2n) is 4.27. The molecule has 0 spiro atoms. The fraction of sp³-hybridized carbons (Fsp3) is 0.200. The average molecular weight is 322 g/mol. The van der Waals surface area contributed by atoms with Crippen molar-refractivity contribution in [1.29, 1.82) is 0 Å². The van der Waals surface area contributed by atoms with Crippen LogP contribution in [0.4, 0.5) is 5.69 Å². The molecule has 2 N–H and O–H groups in total. The van der Waals surface area contributed by atoms with Gasteiger partial charge in [-0.15, -0.1) is 0 Å². The Morgan fingerprint density at radius 2 is 1.95 bits per heavy atom. The lowest BCUT2D eigenvalue weighted by molar-refractivity contribution is 0.412. The summed E-state index contributed by atoms with van der Waals surface area (Å²) < 4.78 is 6.09. The van der Waals surface area contributed by atoms with Crippen LogP contribution in [-0.2, 0) is 0 Å². The SMILES string of the molecule is COc1ccc(NC(C)c2ccccc2O)cc1Br. The summed E-state index contributed by atoms with van der Waals surface area (Å²) in [6.45, 7) is 2.01. The maximum Gasteiger partial charge on any atom is 0.133 e. The van der Waals surface area contributed by atoms with Gasteiger partial charge in [-0.25, -0.2) is 0 Å². The number of anilines is 1. The number of rotatable bonds is 4. The van der Waals surface area contributed by atoms with E-state index in [-0.39, 0.29) is 6.04 Å². The highest BCUT2D eigenvalue weighted by Gasteiger charge is 2.10. The molecule has 2 aromatic rings. The van der Waals surface area contributed by atoms with Gasteiger partial charge in [-0.1, -0.05) is 18.2 Å². The minimum Gasteiger partial charge on any atom is -0.508 e. The largest absolute Gasteiger partial charge is 0.508 e. The van der Waals surface area contributed by atoms with Crippen molar-refractivity contribution in [2.24, 2.45) is 0 Å². The van der Waals surface area contributed by atoms with E-state index in [1.54, 1.807) is 13.2 Å². The summed E-state index contributed by atoms with van der Waals surface area (Å²) in [5.74, 6) is 1.09. The molecule has 0 radical (unpaired) electrons. The zero-order valence-electron chi connectivity index (χ0n) is 10.9. The molecule has 1 unspecified atom stereocenters. The number of halogens is 1. The number of nitrogens with one attached hydrogen (secondary N) is 1. The van der Waals surface area contributed by atoms with E-state index in [1.165, 1.54) is 0 Å². The Bertz CT molecular complexity index is 572. The normalized spacial score (nSPS) is 11.9. The molecular formula is C15H16BrNO2. The molecule has 1 atom stereocenters. The number of ether oxygens (including phenoxy) is 1. The van der Waals surface area contributed by atoms with E-state index in [1.807, 2.05) is 43.3 Å². The van der Waals surface area contributed by atoms with Crippen LogP contribution >= 0.6 is 15.9 Å². The van der Waals surface area contributed by atoms with Gasteiger partial charge >= 0.3 is 0 Å². The maximum atomic E-state index is 9.83. The van der Waals surface area contributed by atoms with Crippen LogP contribution in [0.15, 0.2) is 46.9 Å². The first-order valence-corrected chi connectivity index (χ1v) is 6.79. The molecule has 0 aliphatic heterocycles. The second kappa shape index (κ2) is 5.97. The van der Waals surface area contributed by atoms with Gasteiger partial charge in [-0.05, 0) is 47.1 Å². The maximum absolute atomic E-state index is 9.83. The summed E-state index contributed by atoms with van der Waals surface area (Å²) in [4.78, 5) is 0.